The van der Waals surface area contributed by atoms with E-state index >= 15 is 0 Å². The minimum absolute atomic E-state index is 0.104. The first-order valence-corrected chi connectivity index (χ1v) is 7.01. The first-order valence-electron chi connectivity index (χ1n) is 7.01. The van der Waals surface area contributed by atoms with Gasteiger partial charge < -0.3 is 5.73 Å². The largest absolute Gasteiger partial charge is 0.330 e. The van der Waals surface area contributed by atoms with E-state index < -0.39 is 5.92 Å². The van der Waals surface area contributed by atoms with Crippen LogP contribution in [0.25, 0.3) is 0 Å². The average Bonchev–Trinajstić information content (AvgIpc) is 2.34. The van der Waals surface area contributed by atoms with E-state index in [4.69, 9.17) is 5.73 Å². The maximum absolute atomic E-state index is 14.3. The van der Waals surface area contributed by atoms with Gasteiger partial charge in [0.25, 0.3) is 5.92 Å². The maximum atomic E-state index is 14.3. The lowest BCUT2D eigenvalue weighted by atomic mass is 9.90. The van der Waals surface area contributed by atoms with Crippen LogP contribution in [0.4, 0.5) is 8.78 Å². The van der Waals surface area contributed by atoms with Gasteiger partial charge in [-0.15, -0.1) is 0 Å². The molecule has 0 unspecified atom stereocenters. The Labute approximate surface area is 113 Å². The zero-order chi connectivity index (χ0) is 13.7. The van der Waals surface area contributed by atoms with Gasteiger partial charge in [-0.25, -0.2) is 0 Å². The highest BCUT2D eigenvalue weighted by Crippen LogP contribution is 2.33. The molecular weight excluding hydrogens is 246 g/mol. The monoisotopic (exact) mass is 268 g/mol. The number of nitrogens with two attached hydrogens (primary N) is 1. The number of hydrogen-bond donors (Lipinski definition) is 1. The van der Waals surface area contributed by atoms with Gasteiger partial charge in [0, 0.05) is 11.6 Å². The van der Waals surface area contributed by atoms with Crippen LogP contribution in [-0.4, -0.2) is 30.6 Å². The Morgan fingerprint density at radius 2 is 1.89 bits per heavy atom. The molecule has 0 bridgehead atoms. The second-order valence-electron chi connectivity index (χ2n) is 5.27. The third-order valence-corrected chi connectivity index (χ3v) is 3.84. The first-order chi connectivity index (χ1) is 9.13. The fourth-order valence-electron chi connectivity index (χ4n) is 2.47. The topological polar surface area (TPSA) is 29.3 Å². The van der Waals surface area contributed by atoms with Gasteiger partial charge in [-0.05, 0) is 32.4 Å². The van der Waals surface area contributed by atoms with Crippen LogP contribution < -0.4 is 5.73 Å². The van der Waals surface area contributed by atoms with Crippen molar-refractivity contribution in [2.45, 2.75) is 37.6 Å². The molecule has 2 nitrogen and oxygen atoms in total. The number of benzene rings is 1. The molecule has 1 aliphatic rings. The molecule has 2 N–H and O–H groups in total. The minimum Gasteiger partial charge on any atom is -0.330 e. The molecule has 0 amide bonds. The minimum atomic E-state index is -2.79. The van der Waals surface area contributed by atoms with Crippen LogP contribution in [0.2, 0.25) is 0 Å². The van der Waals surface area contributed by atoms with Gasteiger partial charge in [-0.1, -0.05) is 36.8 Å². The van der Waals surface area contributed by atoms with E-state index in [1.165, 1.54) is 12.1 Å². The summed E-state index contributed by atoms with van der Waals surface area (Å²) in [6.07, 6.45) is 4.01. The highest BCUT2D eigenvalue weighted by molar-refractivity contribution is 5.20. The molecule has 0 radical (unpaired) electrons. The van der Waals surface area contributed by atoms with Gasteiger partial charge in [-0.3, -0.25) is 4.90 Å². The summed E-state index contributed by atoms with van der Waals surface area (Å²) < 4.78 is 28.6. The van der Waals surface area contributed by atoms with Gasteiger partial charge >= 0.3 is 0 Å². The van der Waals surface area contributed by atoms with Crippen molar-refractivity contribution in [1.82, 2.24) is 4.90 Å². The average molecular weight is 268 g/mol. The Morgan fingerprint density at radius 3 is 2.42 bits per heavy atom. The maximum Gasteiger partial charge on any atom is 0.285 e. The lowest BCUT2D eigenvalue weighted by Gasteiger charge is -2.39. The first kappa shape index (κ1) is 14.4. The van der Waals surface area contributed by atoms with Crippen LogP contribution in [0.1, 0.15) is 31.2 Å². The van der Waals surface area contributed by atoms with E-state index in [-0.39, 0.29) is 12.1 Å². The number of rotatable bonds is 7. The summed E-state index contributed by atoms with van der Waals surface area (Å²) in [4.78, 5) is 1.92. The van der Waals surface area contributed by atoms with Gasteiger partial charge in [0.05, 0.1) is 6.54 Å². The van der Waals surface area contributed by atoms with Gasteiger partial charge in [0.1, 0.15) is 0 Å². The summed E-state index contributed by atoms with van der Waals surface area (Å²) in [6.45, 7) is 1.03. The van der Waals surface area contributed by atoms with E-state index in [1.54, 1.807) is 18.2 Å². The van der Waals surface area contributed by atoms with Crippen LogP contribution in [-0.2, 0) is 5.92 Å². The highest BCUT2D eigenvalue weighted by atomic mass is 19.3. The van der Waals surface area contributed by atoms with Crippen molar-refractivity contribution in [3.8, 4) is 0 Å². The molecule has 0 saturated heterocycles. The Hall–Kier alpha value is -1.00. The third kappa shape index (κ3) is 3.74. The number of hydrogen-bond acceptors (Lipinski definition) is 2. The van der Waals surface area contributed by atoms with Crippen LogP contribution in [0.5, 0.6) is 0 Å². The van der Waals surface area contributed by atoms with Crippen molar-refractivity contribution in [1.29, 1.82) is 0 Å². The molecule has 19 heavy (non-hydrogen) atoms. The van der Waals surface area contributed by atoms with Crippen molar-refractivity contribution in [2.75, 3.05) is 19.6 Å². The molecule has 1 saturated carbocycles. The van der Waals surface area contributed by atoms with E-state index in [9.17, 15) is 8.78 Å². The summed E-state index contributed by atoms with van der Waals surface area (Å²) in [5.41, 5.74) is 5.60. The number of alkyl halides is 2. The predicted octanol–water partition coefficient (Wildman–Crippen LogP) is 2.98. The lowest BCUT2D eigenvalue weighted by molar-refractivity contribution is -0.0568. The Kier molecular flexibility index (Phi) is 4.88. The predicted molar refractivity (Wildman–Crippen MR) is 73.2 cm³/mol. The molecule has 2 rings (SSSR count). The van der Waals surface area contributed by atoms with Crippen molar-refractivity contribution < 1.29 is 8.78 Å². The standard InChI is InChI=1S/C15H22F2N2/c16-15(17,13-6-2-1-3-7-13)12-19(11-5-10-18)14-8-4-9-14/h1-3,6-7,14H,4-5,8-12,18H2. The molecule has 0 aliphatic heterocycles. The molecule has 0 aromatic heterocycles. The second kappa shape index (κ2) is 6.44. The molecule has 1 fully saturated rings. The van der Waals surface area contributed by atoms with E-state index in [1.807, 2.05) is 4.90 Å². The summed E-state index contributed by atoms with van der Waals surface area (Å²) in [7, 11) is 0. The molecule has 1 aromatic rings. The van der Waals surface area contributed by atoms with Gasteiger partial charge in [0.15, 0.2) is 0 Å². The van der Waals surface area contributed by atoms with E-state index in [0.717, 1.165) is 25.7 Å². The van der Waals surface area contributed by atoms with Crippen molar-refractivity contribution >= 4 is 0 Å². The highest BCUT2D eigenvalue weighted by Gasteiger charge is 2.37. The van der Waals surface area contributed by atoms with Crippen LogP contribution in [0, 0.1) is 0 Å². The summed E-state index contributed by atoms with van der Waals surface area (Å²) in [5.74, 6) is -2.79. The number of nitrogens with zero attached hydrogens (tertiary/aromatic N) is 1. The fourth-order valence-corrected chi connectivity index (χ4v) is 2.47. The van der Waals surface area contributed by atoms with Crippen molar-refractivity contribution in [3.05, 3.63) is 35.9 Å². The zero-order valence-electron chi connectivity index (χ0n) is 11.2. The van der Waals surface area contributed by atoms with Crippen LogP contribution in [0.3, 0.4) is 0 Å². The van der Waals surface area contributed by atoms with E-state index in [0.29, 0.717) is 19.1 Å². The Morgan fingerprint density at radius 1 is 1.21 bits per heavy atom. The normalized spacial score (nSPS) is 16.6. The van der Waals surface area contributed by atoms with Gasteiger partial charge in [0.2, 0.25) is 0 Å². The molecule has 0 heterocycles. The molecule has 1 aromatic carbocycles. The summed E-state index contributed by atoms with van der Waals surface area (Å²) in [6, 6.07) is 8.41. The quantitative estimate of drug-likeness (QED) is 0.823. The van der Waals surface area contributed by atoms with Crippen molar-refractivity contribution in [2.24, 2.45) is 5.73 Å². The SMILES string of the molecule is NCCCN(CC(F)(F)c1ccccc1)C1CCC1. The van der Waals surface area contributed by atoms with Crippen LogP contribution >= 0.6 is 0 Å². The lowest BCUT2D eigenvalue weighted by Crippen LogP contribution is -2.46. The molecule has 4 heteroatoms. The van der Waals surface area contributed by atoms with Crippen molar-refractivity contribution in [3.63, 3.8) is 0 Å². The molecule has 1 aliphatic carbocycles. The van der Waals surface area contributed by atoms with E-state index in [2.05, 4.69) is 0 Å². The Bertz CT molecular complexity index is 377. The molecular formula is C15H22F2N2. The smallest absolute Gasteiger partial charge is 0.285 e. The number of halogens is 2. The Balaban J connectivity index is 2.02. The molecule has 0 atom stereocenters. The van der Waals surface area contributed by atoms with Gasteiger partial charge in [-0.2, -0.15) is 8.78 Å². The van der Waals surface area contributed by atoms with Crippen LogP contribution in [0.15, 0.2) is 30.3 Å². The molecule has 0 spiro atoms. The summed E-state index contributed by atoms with van der Waals surface area (Å²) in [5, 5.41) is 0. The second-order valence-corrected chi connectivity index (χ2v) is 5.27. The molecule has 106 valence electrons. The third-order valence-electron chi connectivity index (χ3n) is 3.84. The zero-order valence-corrected chi connectivity index (χ0v) is 11.2. The fraction of sp³-hybridized carbons (Fsp3) is 0.600. The summed E-state index contributed by atoms with van der Waals surface area (Å²) >= 11 is 0.